The van der Waals surface area contributed by atoms with Gasteiger partial charge < -0.3 is 25.8 Å². The first-order chi connectivity index (χ1) is 21.4. The molecule has 2 aromatic carbocycles. The molecular formula is C36H48N4O5. The number of benzene rings is 2. The SMILES string of the molecule is CC[C@H](C)[C@H](NC(=O)[C@H](Cc1ccccc1)C[C@H](O)[C@H](Cc1ccccc1)NC(=O)OC(C)(C)C)C(=O)NCc1ccccn1. The number of hydrogen-bond acceptors (Lipinski definition) is 6. The van der Waals surface area contributed by atoms with Crippen LogP contribution in [0.25, 0.3) is 0 Å². The van der Waals surface area contributed by atoms with E-state index in [2.05, 4.69) is 20.9 Å². The van der Waals surface area contributed by atoms with Crippen LogP contribution in [0.5, 0.6) is 0 Å². The second-order valence-electron chi connectivity index (χ2n) is 12.5. The third-order valence-corrected chi connectivity index (χ3v) is 7.65. The fourth-order valence-corrected chi connectivity index (χ4v) is 5.01. The number of pyridine rings is 1. The lowest BCUT2D eigenvalue weighted by atomic mass is 9.88. The van der Waals surface area contributed by atoms with Crippen LogP contribution >= 0.6 is 0 Å². The van der Waals surface area contributed by atoms with Crippen molar-refractivity contribution in [2.75, 3.05) is 0 Å². The van der Waals surface area contributed by atoms with Gasteiger partial charge in [0, 0.05) is 12.1 Å². The number of carbonyl (C=O) groups is 3. The van der Waals surface area contributed by atoms with Crippen LogP contribution in [0.3, 0.4) is 0 Å². The number of carbonyl (C=O) groups excluding carboxylic acids is 3. The molecule has 0 saturated heterocycles. The quantitative estimate of drug-likeness (QED) is 0.191. The van der Waals surface area contributed by atoms with Crippen LogP contribution in [0.2, 0.25) is 0 Å². The molecule has 0 fully saturated rings. The van der Waals surface area contributed by atoms with E-state index < -0.39 is 35.8 Å². The van der Waals surface area contributed by atoms with Gasteiger partial charge in [0.25, 0.3) is 0 Å². The Morgan fingerprint density at radius 3 is 2.00 bits per heavy atom. The highest BCUT2D eigenvalue weighted by Gasteiger charge is 2.33. The topological polar surface area (TPSA) is 130 Å². The zero-order valence-corrected chi connectivity index (χ0v) is 27.0. The zero-order valence-electron chi connectivity index (χ0n) is 27.0. The van der Waals surface area contributed by atoms with Gasteiger partial charge in [-0.05, 0) is 69.2 Å². The smallest absolute Gasteiger partial charge is 0.407 e. The number of alkyl carbamates (subject to hydrolysis) is 1. The summed E-state index contributed by atoms with van der Waals surface area (Å²) in [5, 5.41) is 20.3. The zero-order chi connectivity index (χ0) is 32.8. The summed E-state index contributed by atoms with van der Waals surface area (Å²) >= 11 is 0. The Morgan fingerprint density at radius 1 is 0.844 bits per heavy atom. The van der Waals surface area contributed by atoms with Crippen LogP contribution in [0.15, 0.2) is 85.1 Å². The van der Waals surface area contributed by atoms with Crippen molar-refractivity contribution in [3.05, 3.63) is 102 Å². The first-order valence-electron chi connectivity index (χ1n) is 15.7. The van der Waals surface area contributed by atoms with Crippen LogP contribution in [-0.2, 0) is 33.7 Å². The summed E-state index contributed by atoms with van der Waals surface area (Å²) in [4.78, 5) is 44.4. The van der Waals surface area contributed by atoms with Gasteiger partial charge in [-0.3, -0.25) is 14.6 Å². The Hall–Kier alpha value is -4.24. The number of hydrogen-bond donors (Lipinski definition) is 4. The molecule has 0 unspecified atom stereocenters. The fraction of sp³-hybridized carbons (Fsp3) is 0.444. The van der Waals surface area contributed by atoms with E-state index in [0.717, 1.165) is 11.1 Å². The van der Waals surface area contributed by atoms with Crippen LogP contribution in [0.1, 0.15) is 64.3 Å². The van der Waals surface area contributed by atoms with Gasteiger partial charge in [-0.2, -0.15) is 0 Å². The summed E-state index contributed by atoms with van der Waals surface area (Å²) in [6.45, 7) is 9.46. The second kappa shape index (κ2) is 17.3. The van der Waals surface area contributed by atoms with Crippen LogP contribution in [-0.4, -0.2) is 51.8 Å². The van der Waals surface area contributed by atoms with Crippen LogP contribution < -0.4 is 16.0 Å². The number of amides is 3. The Bertz CT molecular complexity index is 1330. The summed E-state index contributed by atoms with van der Waals surface area (Å²) in [7, 11) is 0. The first kappa shape index (κ1) is 35.2. The molecule has 3 amide bonds. The van der Waals surface area contributed by atoms with E-state index >= 15 is 0 Å². The molecule has 1 aromatic heterocycles. The maximum absolute atomic E-state index is 14.0. The number of rotatable bonds is 15. The monoisotopic (exact) mass is 616 g/mol. The molecule has 0 saturated carbocycles. The van der Waals surface area contributed by atoms with Gasteiger partial charge >= 0.3 is 6.09 Å². The first-order valence-corrected chi connectivity index (χ1v) is 15.7. The summed E-state index contributed by atoms with van der Waals surface area (Å²) in [5.41, 5.74) is 1.84. The van der Waals surface area contributed by atoms with Crippen molar-refractivity contribution in [2.24, 2.45) is 11.8 Å². The van der Waals surface area contributed by atoms with Crippen molar-refractivity contribution in [3.63, 3.8) is 0 Å². The molecule has 1 heterocycles. The molecule has 0 bridgehead atoms. The summed E-state index contributed by atoms with van der Waals surface area (Å²) in [6, 6.07) is 23.1. The standard InChI is InChI=1S/C36H48N4O5/c1-6-25(2)32(34(43)38-24-29-19-13-14-20-37-29)40-33(42)28(21-26-15-9-7-10-16-26)23-31(41)30(22-27-17-11-8-12-18-27)39-35(44)45-36(3,4)5/h7-20,25,28,30-32,41H,6,21-24H2,1-5H3,(H,38,43)(H,39,44)(H,40,42)/t25-,28+,30-,31-,32-/m0/s1. The highest BCUT2D eigenvalue weighted by atomic mass is 16.6. The second-order valence-corrected chi connectivity index (χ2v) is 12.5. The van der Waals surface area contributed by atoms with Gasteiger partial charge in [-0.15, -0.1) is 0 Å². The van der Waals surface area contributed by atoms with Gasteiger partial charge in [0.05, 0.1) is 24.4 Å². The molecule has 9 heteroatoms. The van der Waals surface area contributed by atoms with E-state index in [0.29, 0.717) is 25.0 Å². The summed E-state index contributed by atoms with van der Waals surface area (Å²) in [6.07, 6.45) is 1.34. The fourth-order valence-electron chi connectivity index (χ4n) is 5.01. The van der Waals surface area contributed by atoms with Gasteiger partial charge in [0.2, 0.25) is 11.8 Å². The van der Waals surface area contributed by atoms with E-state index in [1.165, 1.54) is 0 Å². The average Bonchev–Trinajstić information content (AvgIpc) is 3.02. The van der Waals surface area contributed by atoms with E-state index in [1.54, 1.807) is 27.0 Å². The Labute approximate surface area is 267 Å². The van der Waals surface area contributed by atoms with E-state index in [9.17, 15) is 19.5 Å². The lowest BCUT2D eigenvalue weighted by Gasteiger charge is -2.30. The molecule has 0 spiro atoms. The van der Waals surface area contributed by atoms with Gasteiger partial charge in [0.1, 0.15) is 11.6 Å². The number of nitrogens with zero attached hydrogens (tertiary/aromatic N) is 1. The van der Waals surface area contributed by atoms with Crippen molar-refractivity contribution in [3.8, 4) is 0 Å². The molecule has 242 valence electrons. The van der Waals surface area contributed by atoms with Gasteiger partial charge in [0.15, 0.2) is 0 Å². The number of ether oxygens (including phenoxy) is 1. The Morgan fingerprint density at radius 2 is 1.44 bits per heavy atom. The molecule has 0 aliphatic rings. The maximum atomic E-state index is 14.0. The average molecular weight is 617 g/mol. The number of aromatic nitrogens is 1. The predicted molar refractivity (Wildman–Crippen MR) is 175 cm³/mol. The molecular weight excluding hydrogens is 568 g/mol. The molecule has 0 aliphatic heterocycles. The molecule has 3 aromatic rings. The molecule has 3 rings (SSSR count). The normalized spacial score (nSPS) is 14.7. The lowest BCUT2D eigenvalue weighted by Crippen LogP contribution is -2.53. The molecule has 5 atom stereocenters. The third-order valence-electron chi connectivity index (χ3n) is 7.65. The minimum Gasteiger partial charge on any atom is -0.444 e. The van der Waals surface area contributed by atoms with Crippen molar-refractivity contribution in [1.82, 2.24) is 20.9 Å². The van der Waals surface area contributed by atoms with Crippen molar-refractivity contribution < 1.29 is 24.2 Å². The van der Waals surface area contributed by atoms with Crippen LogP contribution in [0.4, 0.5) is 4.79 Å². The molecule has 4 N–H and O–H groups in total. The number of aliphatic hydroxyl groups is 1. The van der Waals surface area contributed by atoms with Crippen molar-refractivity contribution in [1.29, 1.82) is 0 Å². The Kier molecular flexibility index (Phi) is 13.5. The largest absolute Gasteiger partial charge is 0.444 e. The van der Waals surface area contributed by atoms with Crippen molar-refractivity contribution in [2.45, 2.75) is 90.6 Å². The predicted octanol–water partition coefficient (Wildman–Crippen LogP) is 4.97. The third kappa shape index (κ3) is 12.3. The number of nitrogens with one attached hydrogen (secondary N) is 3. The summed E-state index contributed by atoms with van der Waals surface area (Å²) in [5.74, 6) is -1.46. The van der Waals surface area contributed by atoms with E-state index in [-0.39, 0.29) is 30.7 Å². The number of aliphatic hydroxyl groups excluding tert-OH is 1. The highest BCUT2D eigenvalue weighted by molar-refractivity contribution is 5.88. The van der Waals surface area contributed by atoms with E-state index in [1.807, 2.05) is 92.7 Å². The summed E-state index contributed by atoms with van der Waals surface area (Å²) < 4.78 is 5.49. The Balaban J connectivity index is 1.82. The van der Waals surface area contributed by atoms with Gasteiger partial charge in [-0.1, -0.05) is 87.0 Å². The minimum atomic E-state index is -1.09. The van der Waals surface area contributed by atoms with Crippen molar-refractivity contribution >= 4 is 17.9 Å². The molecule has 45 heavy (non-hydrogen) atoms. The molecule has 9 nitrogen and oxygen atoms in total. The lowest BCUT2D eigenvalue weighted by molar-refractivity contribution is -0.133. The highest BCUT2D eigenvalue weighted by Crippen LogP contribution is 2.21. The molecule has 0 radical (unpaired) electrons. The maximum Gasteiger partial charge on any atom is 0.407 e. The van der Waals surface area contributed by atoms with Gasteiger partial charge in [-0.25, -0.2) is 4.79 Å². The molecule has 0 aliphatic carbocycles. The minimum absolute atomic E-state index is 0.0524. The van der Waals surface area contributed by atoms with Crippen LogP contribution in [0, 0.1) is 11.8 Å². The van der Waals surface area contributed by atoms with E-state index in [4.69, 9.17) is 4.74 Å².